The Morgan fingerprint density at radius 2 is 1.71 bits per heavy atom. The molecule has 0 atom stereocenters. The van der Waals surface area contributed by atoms with Gasteiger partial charge in [0.25, 0.3) is 17.4 Å². The number of rotatable bonds is 5. The molecule has 2 N–H and O–H groups in total. The second-order valence-electron chi connectivity index (χ2n) is 6.05. The van der Waals surface area contributed by atoms with E-state index in [-0.39, 0.29) is 17.0 Å². The molecule has 0 spiro atoms. The lowest BCUT2D eigenvalue weighted by Gasteiger charge is -2.12. The van der Waals surface area contributed by atoms with E-state index in [4.69, 9.17) is 4.74 Å². The first-order chi connectivity index (χ1) is 13.5. The van der Waals surface area contributed by atoms with Crippen molar-refractivity contribution < 1.29 is 14.3 Å². The number of nitrogens with zero attached hydrogens (tertiary/aromatic N) is 1. The third-order valence-corrected chi connectivity index (χ3v) is 4.11. The van der Waals surface area contributed by atoms with Crippen LogP contribution in [0.3, 0.4) is 0 Å². The van der Waals surface area contributed by atoms with E-state index in [0.29, 0.717) is 22.7 Å². The number of para-hydroxylation sites is 1. The van der Waals surface area contributed by atoms with Crippen molar-refractivity contribution in [1.29, 1.82) is 0 Å². The minimum absolute atomic E-state index is 0.214. The SMILES string of the molecule is COc1cccc(NC(=O)c2ccccc2NC(=O)c2ccn(C)c(=O)c2)c1. The van der Waals surface area contributed by atoms with Gasteiger partial charge in [-0.05, 0) is 30.3 Å². The fourth-order valence-corrected chi connectivity index (χ4v) is 2.57. The largest absolute Gasteiger partial charge is 0.497 e. The molecule has 0 aliphatic carbocycles. The molecule has 0 fully saturated rings. The Balaban J connectivity index is 1.82. The van der Waals surface area contributed by atoms with Gasteiger partial charge in [-0.25, -0.2) is 0 Å². The van der Waals surface area contributed by atoms with E-state index in [1.54, 1.807) is 62.7 Å². The van der Waals surface area contributed by atoms with Gasteiger partial charge in [0.05, 0.1) is 18.4 Å². The molecule has 142 valence electrons. The fraction of sp³-hybridized carbons (Fsp3) is 0.0952. The van der Waals surface area contributed by atoms with Crippen molar-refractivity contribution in [2.24, 2.45) is 7.05 Å². The zero-order chi connectivity index (χ0) is 20.1. The number of pyridine rings is 1. The maximum absolute atomic E-state index is 12.7. The molecule has 0 radical (unpaired) electrons. The normalized spacial score (nSPS) is 10.2. The Morgan fingerprint density at radius 1 is 0.929 bits per heavy atom. The molecule has 2 amide bonds. The minimum Gasteiger partial charge on any atom is -0.497 e. The van der Waals surface area contributed by atoms with E-state index in [1.165, 1.54) is 22.9 Å². The van der Waals surface area contributed by atoms with Crippen LogP contribution in [-0.2, 0) is 7.05 Å². The van der Waals surface area contributed by atoms with Crippen LogP contribution in [-0.4, -0.2) is 23.5 Å². The van der Waals surface area contributed by atoms with Crippen LogP contribution in [0.25, 0.3) is 0 Å². The number of aromatic nitrogens is 1. The van der Waals surface area contributed by atoms with Crippen molar-refractivity contribution in [3.05, 3.63) is 88.3 Å². The van der Waals surface area contributed by atoms with Gasteiger partial charge in [0.15, 0.2) is 0 Å². The molecule has 2 aromatic carbocycles. The molecule has 0 bridgehead atoms. The number of anilines is 2. The molecule has 28 heavy (non-hydrogen) atoms. The molecule has 0 unspecified atom stereocenters. The first-order valence-electron chi connectivity index (χ1n) is 8.50. The summed E-state index contributed by atoms with van der Waals surface area (Å²) in [6.45, 7) is 0. The standard InChI is InChI=1S/C21H19N3O4/c1-24-11-10-14(12-19(24)25)20(26)23-18-9-4-3-8-17(18)21(27)22-15-6-5-7-16(13-15)28-2/h3-13H,1-2H3,(H,22,27)(H,23,26). The molecule has 0 saturated carbocycles. The minimum atomic E-state index is -0.473. The van der Waals surface area contributed by atoms with Gasteiger partial charge in [-0.3, -0.25) is 14.4 Å². The number of amides is 2. The molecule has 0 aliphatic rings. The molecule has 1 heterocycles. The highest BCUT2D eigenvalue weighted by Crippen LogP contribution is 2.21. The second-order valence-corrected chi connectivity index (χ2v) is 6.05. The number of carbonyl (C=O) groups excluding carboxylic acids is 2. The van der Waals surface area contributed by atoms with Crippen LogP contribution in [0, 0.1) is 0 Å². The molecule has 0 saturated heterocycles. The van der Waals surface area contributed by atoms with E-state index >= 15 is 0 Å². The first-order valence-corrected chi connectivity index (χ1v) is 8.50. The zero-order valence-corrected chi connectivity index (χ0v) is 15.4. The number of aryl methyl sites for hydroxylation is 1. The smallest absolute Gasteiger partial charge is 0.257 e. The number of ether oxygens (including phenoxy) is 1. The molecular formula is C21H19N3O4. The van der Waals surface area contributed by atoms with E-state index in [0.717, 1.165) is 0 Å². The summed E-state index contributed by atoms with van der Waals surface area (Å²) in [6.07, 6.45) is 1.51. The number of hydrogen-bond donors (Lipinski definition) is 2. The van der Waals surface area contributed by atoms with Crippen molar-refractivity contribution >= 4 is 23.2 Å². The Kier molecular flexibility index (Phi) is 5.55. The maximum Gasteiger partial charge on any atom is 0.257 e. The lowest BCUT2D eigenvalue weighted by Crippen LogP contribution is -2.21. The summed E-state index contributed by atoms with van der Waals surface area (Å²) in [7, 11) is 3.14. The summed E-state index contributed by atoms with van der Waals surface area (Å²) >= 11 is 0. The van der Waals surface area contributed by atoms with Crippen LogP contribution in [0.2, 0.25) is 0 Å². The Morgan fingerprint density at radius 3 is 2.46 bits per heavy atom. The average molecular weight is 377 g/mol. The summed E-state index contributed by atoms with van der Waals surface area (Å²) < 4.78 is 6.52. The molecule has 0 aliphatic heterocycles. The number of nitrogens with one attached hydrogen (secondary N) is 2. The van der Waals surface area contributed by atoms with Gasteiger partial charge >= 0.3 is 0 Å². The molecule has 3 aromatic rings. The average Bonchev–Trinajstić information content (AvgIpc) is 2.70. The van der Waals surface area contributed by atoms with Crippen molar-refractivity contribution in [3.63, 3.8) is 0 Å². The predicted octanol–water partition coefficient (Wildman–Crippen LogP) is 2.90. The van der Waals surface area contributed by atoms with Gasteiger partial charge in [0, 0.05) is 36.6 Å². The van der Waals surface area contributed by atoms with E-state index < -0.39 is 5.91 Å². The third-order valence-electron chi connectivity index (χ3n) is 4.11. The van der Waals surface area contributed by atoms with Crippen molar-refractivity contribution in [2.75, 3.05) is 17.7 Å². The van der Waals surface area contributed by atoms with Gasteiger partial charge in [0.2, 0.25) is 0 Å². The molecule has 3 rings (SSSR count). The van der Waals surface area contributed by atoms with Crippen molar-refractivity contribution in [1.82, 2.24) is 4.57 Å². The van der Waals surface area contributed by atoms with Crippen LogP contribution < -0.4 is 20.9 Å². The Bertz CT molecular complexity index is 1090. The van der Waals surface area contributed by atoms with Gasteiger partial charge in [-0.15, -0.1) is 0 Å². The van der Waals surface area contributed by atoms with Crippen molar-refractivity contribution in [3.8, 4) is 5.75 Å². The van der Waals surface area contributed by atoms with E-state index in [9.17, 15) is 14.4 Å². The summed E-state index contributed by atoms with van der Waals surface area (Å²) in [4.78, 5) is 36.9. The Hall–Kier alpha value is -3.87. The van der Waals surface area contributed by atoms with Crippen LogP contribution in [0.1, 0.15) is 20.7 Å². The molecular weight excluding hydrogens is 358 g/mol. The van der Waals surface area contributed by atoms with Gasteiger partial charge in [-0.2, -0.15) is 0 Å². The van der Waals surface area contributed by atoms with Crippen LogP contribution in [0.5, 0.6) is 5.75 Å². The quantitative estimate of drug-likeness (QED) is 0.715. The highest BCUT2D eigenvalue weighted by atomic mass is 16.5. The summed E-state index contributed by atoms with van der Waals surface area (Å²) in [6, 6.07) is 16.4. The lowest BCUT2D eigenvalue weighted by molar-refractivity contribution is 0.102. The number of carbonyl (C=O) groups is 2. The van der Waals surface area contributed by atoms with E-state index in [2.05, 4.69) is 10.6 Å². The monoisotopic (exact) mass is 377 g/mol. The number of methoxy groups -OCH3 is 1. The number of hydrogen-bond acceptors (Lipinski definition) is 4. The molecule has 7 nitrogen and oxygen atoms in total. The van der Waals surface area contributed by atoms with E-state index in [1.807, 2.05) is 0 Å². The predicted molar refractivity (Wildman–Crippen MR) is 107 cm³/mol. The Labute approximate surface area is 161 Å². The van der Waals surface area contributed by atoms with Crippen LogP contribution in [0.15, 0.2) is 71.7 Å². The van der Waals surface area contributed by atoms with Gasteiger partial charge < -0.3 is 19.9 Å². The highest BCUT2D eigenvalue weighted by molar-refractivity contribution is 6.12. The van der Waals surface area contributed by atoms with Crippen LogP contribution >= 0.6 is 0 Å². The highest BCUT2D eigenvalue weighted by Gasteiger charge is 2.15. The molecule has 1 aromatic heterocycles. The summed E-state index contributed by atoms with van der Waals surface area (Å²) in [5.74, 6) is -0.238. The van der Waals surface area contributed by atoms with Gasteiger partial charge in [0.1, 0.15) is 5.75 Å². The third kappa shape index (κ3) is 4.27. The summed E-state index contributed by atoms with van der Waals surface area (Å²) in [5.41, 5.74) is 1.12. The fourth-order valence-electron chi connectivity index (χ4n) is 2.57. The second kappa shape index (κ2) is 8.22. The molecule has 7 heteroatoms. The summed E-state index contributed by atoms with van der Waals surface area (Å²) in [5, 5.41) is 5.47. The topological polar surface area (TPSA) is 89.4 Å². The van der Waals surface area contributed by atoms with Crippen LogP contribution in [0.4, 0.5) is 11.4 Å². The first kappa shape index (κ1) is 18.9. The van der Waals surface area contributed by atoms with Gasteiger partial charge in [-0.1, -0.05) is 18.2 Å². The maximum atomic E-state index is 12.7. The number of benzene rings is 2. The van der Waals surface area contributed by atoms with Crippen molar-refractivity contribution in [2.45, 2.75) is 0 Å². The zero-order valence-electron chi connectivity index (χ0n) is 15.4. The lowest BCUT2D eigenvalue weighted by atomic mass is 10.1.